The zero-order chi connectivity index (χ0) is 21.9. The van der Waals surface area contributed by atoms with Crippen LogP contribution in [0.25, 0.3) is 0 Å². The number of phenols is 1. The van der Waals surface area contributed by atoms with Gasteiger partial charge in [-0.2, -0.15) is 0 Å². The van der Waals surface area contributed by atoms with Crippen LogP contribution in [0.3, 0.4) is 0 Å². The number of carbonyl (C=O) groups is 2. The monoisotopic (exact) mass is 421 g/mol. The van der Waals surface area contributed by atoms with Crippen LogP contribution in [0.1, 0.15) is 38.4 Å². The van der Waals surface area contributed by atoms with Gasteiger partial charge in [-0.1, -0.05) is 44.2 Å². The summed E-state index contributed by atoms with van der Waals surface area (Å²) in [5, 5.41) is 21.4. The normalized spacial score (nSPS) is 34.8. The number of anilines is 1. The van der Waals surface area contributed by atoms with E-state index in [1.807, 2.05) is 32.0 Å². The molecule has 2 amide bonds. The molecule has 2 heterocycles. The molecule has 6 heteroatoms. The SMILES string of the molecule is CC(C)[C@H]1C[C@@H]2C(=O)N(c3ccccc3)C(=O)[C@@H]2[C@@H]2C[C@@H](c3ccc(O)cc3)O[C@]12O. The van der Waals surface area contributed by atoms with Crippen LogP contribution in [0.4, 0.5) is 5.69 Å². The molecule has 5 rings (SSSR count). The maximum atomic E-state index is 13.5. The number of ether oxygens (including phenoxy) is 1. The summed E-state index contributed by atoms with van der Waals surface area (Å²) in [6.45, 7) is 4.04. The largest absolute Gasteiger partial charge is 0.508 e. The Morgan fingerprint density at radius 2 is 1.68 bits per heavy atom. The lowest BCUT2D eigenvalue weighted by atomic mass is 9.62. The number of amides is 2. The van der Waals surface area contributed by atoms with E-state index in [4.69, 9.17) is 4.74 Å². The highest BCUT2D eigenvalue weighted by Gasteiger charge is 2.67. The van der Waals surface area contributed by atoms with Gasteiger partial charge in [0.2, 0.25) is 11.8 Å². The molecule has 0 unspecified atom stereocenters. The van der Waals surface area contributed by atoms with E-state index in [9.17, 15) is 19.8 Å². The Hall–Kier alpha value is -2.70. The van der Waals surface area contributed by atoms with Crippen molar-refractivity contribution in [2.45, 2.75) is 38.6 Å². The highest BCUT2D eigenvalue weighted by Crippen LogP contribution is 2.59. The second-order valence-corrected chi connectivity index (χ2v) is 9.36. The maximum Gasteiger partial charge on any atom is 0.238 e. The number of carbonyl (C=O) groups excluding carboxylic acids is 2. The molecule has 2 aromatic carbocycles. The van der Waals surface area contributed by atoms with Crippen molar-refractivity contribution in [3.05, 3.63) is 60.2 Å². The molecule has 6 nitrogen and oxygen atoms in total. The summed E-state index contributed by atoms with van der Waals surface area (Å²) in [6, 6.07) is 15.7. The topological polar surface area (TPSA) is 87.1 Å². The van der Waals surface area contributed by atoms with E-state index >= 15 is 0 Å². The standard InChI is InChI=1S/C25H27NO5/c1-14(2)19-12-18-22(24(29)26(23(18)28)16-6-4-3-5-7-16)20-13-21(31-25(19,20)30)15-8-10-17(27)11-9-15/h3-11,14,18-22,27,30H,12-13H2,1-2H3/t18-,19+,20-,21-,22-,25+/m0/s1. The van der Waals surface area contributed by atoms with Crippen molar-refractivity contribution < 1.29 is 24.5 Å². The molecule has 2 saturated heterocycles. The first kappa shape index (κ1) is 20.2. The Bertz CT molecular complexity index is 1000. The summed E-state index contributed by atoms with van der Waals surface area (Å²) in [5.74, 6) is -3.43. The molecule has 0 radical (unpaired) electrons. The molecule has 6 atom stereocenters. The summed E-state index contributed by atoms with van der Waals surface area (Å²) < 4.78 is 6.28. The van der Waals surface area contributed by atoms with E-state index in [0.717, 1.165) is 5.56 Å². The van der Waals surface area contributed by atoms with E-state index in [-0.39, 0.29) is 29.4 Å². The second kappa shape index (κ2) is 7.18. The fourth-order valence-electron chi connectivity index (χ4n) is 5.90. The van der Waals surface area contributed by atoms with Gasteiger partial charge in [0.25, 0.3) is 0 Å². The van der Waals surface area contributed by atoms with Gasteiger partial charge in [0.1, 0.15) is 5.75 Å². The van der Waals surface area contributed by atoms with Gasteiger partial charge in [0, 0.05) is 11.8 Å². The lowest BCUT2D eigenvalue weighted by Crippen LogP contribution is -2.55. The molecule has 2 N–H and O–H groups in total. The molecule has 2 aromatic rings. The molecular weight excluding hydrogens is 394 g/mol. The van der Waals surface area contributed by atoms with Gasteiger partial charge in [0.15, 0.2) is 5.79 Å². The first-order chi connectivity index (χ1) is 14.8. The Kier molecular flexibility index (Phi) is 4.68. The van der Waals surface area contributed by atoms with Crippen molar-refractivity contribution in [3.8, 4) is 5.75 Å². The van der Waals surface area contributed by atoms with Crippen molar-refractivity contribution in [2.24, 2.45) is 29.6 Å². The number of phenolic OH excluding ortho intramolecular Hbond substituents is 1. The summed E-state index contributed by atoms with van der Waals surface area (Å²) >= 11 is 0. The summed E-state index contributed by atoms with van der Waals surface area (Å²) in [5.41, 5.74) is 1.42. The minimum Gasteiger partial charge on any atom is -0.508 e. The van der Waals surface area contributed by atoms with E-state index in [1.165, 1.54) is 4.90 Å². The molecule has 162 valence electrons. The first-order valence-corrected chi connectivity index (χ1v) is 10.9. The smallest absolute Gasteiger partial charge is 0.238 e. The number of rotatable bonds is 3. The van der Waals surface area contributed by atoms with Gasteiger partial charge in [-0.15, -0.1) is 0 Å². The van der Waals surface area contributed by atoms with Crippen LogP contribution in [0.2, 0.25) is 0 Å². The lowest BCUT2D eigenvalue weighted by Gasteiger charge is -2.46. The second-order valence-electron chi connectivity index (χ2n) is 9.36. The Labute approximate surface area is 181 Å². The van der Waals surface area contributed by atoms with E-state index in [2.05, 4.69) is 0 Å². The van der Waals surface area contributed by atoms with Crippen LogP contribution >= 0.6 is 0 Å². The number of aliphatic hydroxyl groups is 1. The van der Waals surface area contributed by atoms with Gasteiger partial charge in [-0.3, -0.25) is 14.5 Å². The first-order valence-electron chi connectivity index (χ1n) is 10.9. The molecule has 0 spiro atoms. The number of imide groups is 1. The molecule has 1 saturated carbocycles. The number of hydrogen-bond donors (Lipinski definition) is 2. The maximum absolute atomic E-state index is 13.5. The third-order valence-electron chi connectivity index (χ3n) is 7.36. The molecule has 31 heavy (non-hydrogen) atoms. The molecule has 3 fully saturated rings. The Morgan fingerprint density at radius 3 is 2.32 bits per heavy atom. The van der Waals surface area contributed by atoms with Crippen LogP contribution in [-0.4, -0.2) is 27.8 Å². The number of benzene rings is 2. The van der Waals surface area contributed by atoms with Crippen molar-refractivity contribution in [2.75, 3.05) is 4.90 Å². The van der Waals surface area contributed by atoms with Gasteiger partial charge in [-0.05, 0) is 48.6 Å². The number of fused-ring (bicyclic) bond motifs is 3. The molecule has 0 aromatic heterocycles. The summed E-state index contributed by atoms with van der Waals surface area (Å²) in [4.78, 5) is 28.2. The number of aromatic hydroxyl groups is 1. The highest BCUT2D eigenvalue weighted by molar-refractivity contribution is 6.22. The van der Waals surface area contributed by atoms with Crippen LogP contribution in [0.15, 0.2) is 54.6 Å². The van der Waals surface area contributed by atoms with Crippen molar-refractivity contribution in [3.63, 3.8) is 0 Å². The third-order valence-corrected chi connectivity index (χ3v) is 7.36. The minimum atomic E-state index is -1.47. The van der Waals surface area contributed by atoms with Crippen molar-refractivity contribution in [1.29, 1.82) is 0 Å². The predicted molar refractivity (Wildman–Crippen MR) is 114 cm³/mol. The molecular formula is C25H27NO5. The molecule has 3 aliphatic rings. The number of para-hydroxylation sites is 1. The zero-order valence-electron chi connectivity index (χ0n) is 17.6. The average Bonchev–Trinajstić information content (AvgIpc) is 3.22. The molecule has 2 aliphatic heterocycles. The summed E-state index contributed by atoms with van der Waals surface area (Å²) in [6.07, 6.45) is 0.475. The number of nitrogens with zero attached hydrogens (tertiary/aromatic N) is 1. The van der Waals surface area contributed by atoms with E-state index in [0.29, 0.717) is 18.5 Å². The minimum absolute atomic E-state index is 0.0840. The van der Waals surface area contributed by atoms with Crippen LogP contribution in [-0.2, 0) is 14.3 Å². The third kappa shape index (κ3) is 3.00. The fourth-order valence-corrected chi connectivity index (χ4v) is 5.90. The predicted octanol–water partition coefficient (Wildman–Crippen LogP) is 3.64. The van der Waals surface area contributed by atoms with Crippen molar-refractivity contribution >= 4 is 17.5 Å². The Morgan fingerprint density at radius 1 is 1.00 bits per heavy atom. The van der Waals surface area contributed by atoms with Gasteiger partial charge in [-0.25, -0.2) is 0 Å². The van der Waals surface area contributed by atoms with Gasteiger partial charge >= 0.3 is 0 Å². The average molecular weight is 421 g/mol. The van der Waals surface area contributed by atoms with Crippen LogP contribution in [0, 0.1) is 29.6 Å². The van der Waals surface area contributed by atoms with Crippen LogP contribution in [0.5, 0.6) is 5.75 Å². The Balaban J connectivity index is 1.54. The lowest BCUT2D eigenvalue weighted by molar-refractivity contribution is -0.276. The molecule has 1 aliphatic carbocycles. The number of hydrogen-bond acceptors (Lipinski definition) is 5. The zero-order valence-corrected chi connectivity index (χ0v) is 17.6. The summed E-state index contributed by atoms with van der Waals surface area (Å²) in [7, 11) is 0. The van der Waals surface area contributed by atoms with E-state index in [1.54, 1.807) is 36.4 Å². The quantitative estimate of drug-likeness (QED) is 0.739. The highest BCUT2D eigenvalue weighted by atomic mass is 16.6. The van der Waals surface area contributed by atoms with Gasteiger partial charge in [0.05, 0.1) is 23.6 Å². The van der Waals surface area contributed by atoms with Crippen molar-refractivity contribution in [1.82, 2.24) is 0 Å². The van der Waals surface area contributed by atoms with E-state index < -0.39 is 29.6 Å². The van der Waals surface area contributed by atoms with Gasteiger partial charge < -0.3 is 14.9 Å². The van der Waals surface area contributed by atoms with Crippen LogP contribution < -0.4 is 4.90 Å². The molecule has 0 bridgehead atoms. The fraction of sp³-hybridized carbons (Fsp3) is 0.440.